The molecule has 0 spiro atoms. The number of pyridine rings is 1. The molecule has 2 aliphatic rings. The number of nitrogen functional groups attached to an aromatic ring is 1. The highest BCUT2D eigenvalue weighted by Crippen LogP contribution is 2.44. The van der Waals surface area contributed by atoms with E-state index in [2.05, 4.69) is 15.0 Å². The van der Waals surface area contributed by atoms with Gasteiger partial charge in [-0.15, -0.1) is 0 Å². The predicted molar refractivity (Wildman–Crippen MR) is 117 cm³/mol. The first-order valence-corrected chi connectivity index (χ1v) is 10.5. The van der Waals surface area contributed by atoms with Crippen LogP contribution in [0.4, 0.5) is 5.82 Å². The van der Waals surface area contributed by atoms with Gasteiger partial charge in [0.25, 0.3) is 0 Å². The lowest BCUT2D eigenvalue weighted by Crippen LogP contribution is -2.33. The van der Waals surface area contributed by atoms with Crippen molar-refractivity contribution in [2.24, 2.45) is 0 Å². The van der Waals surface area contributed by atoms with E-state index in [0.717, 1.165) is 22.0 Å². The van der Waals surface area contributed by atoms with E-state index in [1.807, 2.05) is 61.0 Å². The standard InChI is InChI=1S/C23H23N5O4/c1-23(2)31-18-17(11-29-14-6-5-13-4-3-8-25-16(13)10-14)30-22(19(18)32-23)28-9-7-15-20(24)26-12-27-21(15)28/h3-10,12,17-19,22H,11H2,1-2H3,(H2,24,26,27)/t17-,18-,19-,22-/m1/s1. The normalized spacial score (nSPS) is 26.6. The summed E-state index contributed by atoms with van der Waals surface area (Å²) in [5.41, 5.74) is 7.58. The predicted octanol–water partition coefficient (Wildman–Crippen LogP) is 3.06. The van der Waals surface area contributed by atoms with Crippen LogP contribution >= 0.6 is 0 Å². The lowest BCUT2D eigenvalue weighted by atomic mass is 10.1. The fourth-order valence-electron chi connectivity index (χ4n) is 4.53. The van der Waals surface area contributed by atoms with E-state index in [-0.39, 0.29) is 18.3 Å². The van der Waals surface area contributed by atoms with Crippen LogP contribution in [0.25, 0.3) is 21.9 Å². The van der Waals surface area contributed by atoms with Gasteiger partial charge in [0.15, 0.2) is 12.0 Å². The Balaban J connectivity index is 1.28. The topological polar surface area (TPSA) is 107 Å². The second kappa shape index (κ2) is 7.13. The second-order valence-electron chi connectivity index (χ2n) is 8.52. The first-order chi connectivity index (χ1) is 15.5. The number of benzene rings is 1. The van der Waals surface area contributed by atoms with Crippen molar-refractivity contribution in [3.05, 3.63) is 55.1 Å². The molecule has 4 atom stereocenters. The van der Waals surface area contributed by atoms with Crippen LogP contribution in [-0.4, -0.2) is 50.2 Å². The minimum absolute atomic E-state index is 0.287. The molecule has 0 bridgehead atoms. The van der Waals surface area contributed by atoms with E-state index in [4.69, 9.17) is 24.7 Å². The van der Waals surface area contributed by atoms with E-state index in [1.54, 1.807) is 6.20 Å². The molecule has 2 N–H and O–H groups in total. The number of ether oxygens (including phenoxy) is 4. The van der Waals surface area contributed by atoms with Crippen molar-refractivity contribution in [1.82, 2.24) is 19.5 Å². The largest absolute Gasteiger partial charge is 0.491 e. The van der Waals surface area contributed by atoms with Gasteiger partial charge >= 0.3 is 0 Å². The third-order valence-electron chi connectivity index (χ3n) is 5.93. The number of nitrogens with two attached hydrogens (primary N) is 1. The average Bonchev–Trinajstić information content (AvgIpc) is 3.44. The molecule has 2 fully saturated rings. The lowest BCUT2D eigenvalue weighted by molar-refractivity contribution is -0.198. The summed E-state index contributed by atoms with van der Waals surface area (Å²) in [6, 6.07) is 11.7. The molecule has 3 aromatic heterocycles. The molecule has 4 aromatic rings. The van der Waals surface area contributed by atoms with Crippen molar-refractivity contribution >= 4 is 27.8 Å². The van der Waals surface area contributed by atoms with Gasteiger partial charge in [-0.3, -0.25) is 4.98 Å². The zero-order valence-corrected chi connectivity index (χ0v) is 17.7. The van der Waals surface area contributed by atoms with E-state index in [9.17, 15) is 0 Å². The minimum atomic E-state index is -0.723. The van der Waals surface area contributed by atoms with Crippen molar-refractivity contribution in [2.45, 2.75) is 44.2 Å². The summed E-state index contributed by atoms with van der Waals surface area (Å²) in [5, 5.41) is 1.83. The molecule has 9 heteroatoms. The Labute approximate surface area is 184 Å². The number of hydrogen-bond donors (Lipinski definition) is 1. The van der Waals surface area contributed by atoms with Gasteiger partial charge in [0.1, 0.15) is 48.5 Å². The SMILES string of the molecule is CC1(C)O[C@@H]2[C@H](O1)[C@@H](COc1ccc3cccnc3c1)O[C@H]2n1ccc2c(N)ncnc21. The Morgan fingerprint density at radius 1 is 1.09 bits per heavy atom. The van der Waals surface area contributed by atoms with Gasteiger partial charge in [-0.2, -0.15) is 0 Å². The van der Waals surface area contributed by atoms with Gasteiger partial charge in [-0.25, -0.2) is 9.97 Å². The van der Waals surface area contributed by atoms with Crippen molar-refractivity contribution < 1.29 is 18.9 Å². The number of fused-ring (bicyclic) bond motifs is 3. The highest BCUT2D eigenvalue weighted by atomic mass is 16.8. The van der Waals surface area contributed by atoms with Crippen molar-refractivity contribution in [3.8, 4) is 5.75 Å². The summed E-state index contributed by atoms with van der Waals surface area (Å²) in [4.78, 5) is 12.9. The van der Waals surface area contributed by atoms with E-state index in [1.165, 1.54) is 6.33 Å². The molecule has 32 heavy (non-hydrogen) atoms. The van der Waals surface area contributed by atoms with Gasteiger partial charge in [0.2, 0.25) is 0 Å². The maximum atomic E-state index is 6.39. The van der Waals surface area contributed by atoms with Gasteiger partial charge in [-0.05, 0) is 38.1 Å². The quantitative estimate of drug-likeness (QED) is 0.523. The zero-order chi connectivity index (χ0) is 21.9. The maximum absolute atomic E-state index is 6.39. The van der Waals surface area contributed by atoms with Crippen LogP contribution < -0.4 is 10.5 Å². The Morgan fingerprint density at radius 2 is 1.97 bits per heavy atom. The lowest BCUT2D eigenvalue weighted by Gasteiger charge is -2.25. The number of anilines is 1. The maximum Gasteiger partial charge on any atom is 0.164 e. The van der Waals surface area contributed by atoms with Gasteiger partial charge in [0.05, 0.1) is 10.9 Å². The Morgan fingerprint density at radius 3 is 2.88 bits per heavy atom. The molecule has 2 saturated heterocycles. The average molecular weight is 433 g/mol. The van der Waals surface area contributed by atoms with E-state index >= 15 is 0 Å². The molecule has 0 saturated carbocycles. The smallest absolute Gasteiger partial charge is 0.164 e. The molecule has 164 valence electrons. The Bertz CT molecular complexity index is 1310. The molecular weight excluding hydrogens is 410 g/mol. The molecule has 1 aromatic carbocycles. The Hall–Kier alpha value is -3.27. The zero-order valence-electron chi connectivity index (χ0n) is 17.7. The van der Waals surface area contributed by atoms with Crippen molar-refractivity contribution in [1.29, 1.82) is 0 Å². The molecule has 2 aliphatic heterocycles. The number of hydrogen-bond acceptors (Lipinski definition) is 8. The Kier molecular flexibility index (Phi) is 4.32. The van der Waals surface area contributed by atoms with Crippen LogP contribution in [0.15, 0.2) is 55.1 Å². The summed E-state index contributed by atoms with van der Waals surface area (Å²) >= 11 is 0. The summed E-state index contributed by atoms with van der Waals surface area (Å²) in [6.07, 6.45) is 3.75. The first-order valence-electron chi connectivity index (χ1n) is 10.5. The van der Waals surface area contributed by atoms with Gasteiger partial charge in [0, 0.05) is 23.8 Å². The van der Waals surface area contributed by atoms with Crippen molar-refractivity contribution in [3.63, 3.8) is 0 Å². The van der Waals surface area contributed by atoms with E-state index < -0.39 is 12.0 Å². The van der Waals surface area contributed by atoms with Crippen LogP contribution in [-0.2, 0) is 14.2 Å². The molecule has 0 aliphatic carbocycles. The van der Waals surface area contributed by atoms with Gasteiger partial charge < -0.3 is 29.2 Å². The molecule has 6 rings (SSSR count). The van der Waals surface area contributed by atoms with Gasteiger partial charge in [-0.1, -0.05) is 6.07 Å². The third kappa shape index (κ3) is 3.17. The molecule has 5 heterocycles. The highest BCUT2D eigenvalue weighted by Gasteiger charge is 2.56. The number of aromatic nitrogens is 4. The van der Waals surface area contributed by atoms with Crippen LogP contribution in [0.1, 0.15) is 20.1 Å². The van der Waals surface area contributed by atoms with E-state index in [0.29, 0.717) is 18.1 Å². The molecule has 9 nitrogen and oxygen atoms in total. The molecule has 0 radical (unpaired) electrons. The number of rotatable bonds is 4. The highest BCUT2D eigenvalue weighted by molar-refractivity contribution is 5.86. The minimum Gasteiger partial charge on any atom is -0.491 e. The molecular formula is C23H23N5O4. The second-order valence-corrected chi connectivity index (χ2v) is 8.52. The number of nitrogens with zero attached hydrogens (tertiary/aromatic N) is 4. The van der Waals surface area contributed by atoms with Crippen LogP contribution in [0.3, 0.4) is 0 Å². The summed E-state index contributed by atoms with van der Waals surface area (Å²) in [6.45, 7) is 4.12. The fourth-order valence-corrected chi connectivity index (χ4v) is 4.53. The monoisotopic (exact) mass is 433 g/mol. The fraction of sp³-hybridized carbons (Fsp3) is 0.348. The van der Waals surface area contributed by atoms with Crippen LogP contribution in [0.2, 0.25) is 0 Å². The summed E-state index contributed by atoms with van der Waals surface area (Å²) in [7, 11) is 0. The first kappa shape index (κ1) is 19.4. The summed E-state index contributed by atoms with van der Waals surface area (Å²) in [5.74, 6) is 0.432. The molecule has 0 amide bonds. The van der Waals surface area contributed by atoms with Crippen LogP contribution in [0.5, 0.6) is 5.75 Å². The van der Waals surface area contributed by atoms with Crippen LogP contribution in [0, 0.1) is 0 Å². The summed E-state index contributed by atoms with van der Waals surface area (Å²) < 4.78 is 26.8. The molecule has 0 unspecified atom stereocenters. The third-order valence-corrected chi connectivity index (χ3v) is 5.93. The van der Waals surface area contributed by atoms with Crippen molar-refractivity contribution in [2.75, 3.05) is 12.3 Å².